The SMILES string of the molecule is O=C(c1ccccc1)N1CCC2(CC1)C[C@@H](OCC1CCOCC1)CO2. The Hall–Kier alpha value is -1.43. The molecule has 1 aromatic rings. The van der Waals surface area contributed by atoms with Crippen molar-refractivity contribution in [3.8, 4) is 0 Å². The van der Waals surface area contributed by atoms with E-state index < -0.39 is 0 Å². The van der Waals surface area contributed by atoms with Crippen molar-refractivity contribution in [2.24, 2.45) is 5.92 Å². The van der Waals surface area contributed by atoms with Crippen LogP contribution in [0.15, 0.2) is 30.3 Å². The number of carbonyl (C=O) groups is 1. The van der Waals surface area contributed by atoms with E-state index in [1.54, 1.807) is 0 Å². The second kappa shape index (κ2) is 8.07. The van der Waals surface area contributed by atoms with Crippen LogP contribution in [0.2, 0.25) is 0 Å². The molecule has 0 aliphatic carbocycles. The first kappa shape index (κ1) is 18.0. The number of amides is 1. The van der Waals surface area contributed by atoms with Crippen LogP contribution in [0.5, 0.6) is 0 Å². The normalized spacial score (nSPS) is 26.3. The molecule has 0 saturated carbocycles. The maximum atomic E-state index is 12.6. The number of benzene rings is 1. The molecule has 0 unspecified atom stereocenters. The topological polar surface area (TPSA) is 48.0 Å². The van der Waals surface area contributed by atoms with Gasteiger partial charge >= 0.3 is 0 Å². The van der Waals surface area contributed by atoms with Gasteiger partial charge in [0.05, 0.1) is 24.9 Å². The Morgan fingerprint density at radius 2 is 1.88 bits per heavy atom. The number of ether oxygens (including phenoxy) is 3. The van der Waals surface area contributed by atoms with Gasteiger partial charge < -0.3 is 19.1 Å². The third-order valence-corrected chi connectivity index (χ3v) is 6.07. The van der Waals surface area contributed by atoms with Gasteiger partial charge in [0.1, 0.15) is 0 Å². The van der Waals surface area contributed by atoms with Gasteiger partial charge in [-0.1, -0.05) is 18.2 Å². The van der Waals surface area contributed by atoms with Crippen molar-refractivity contribution in [1.29, 1.82) is 0 Å². The molecule has 1 amide bonds. The van der Waals surface area contributed by atoms with Crippen LogP contribution in [0.3, 0.4) is 0 Å². The van der Waals surface area contributed by atoms with E-state index in [1.165, 1.54) is 0 Å². The molecular weight excluding hydrogens is 330 g/mol. The number of rotatable bonds is 4. The summed E-state index contributed by atoms with van der Waals surface area (Å²) in [5, 5.41) is 0. The molecule has 3 saturated heterocycles. The van der Waals surface area contributed by atoms with Gasteiger partial charge in [-0.05, 0) is 43.7 Å². The third kappa shape index (κ3) is 4.11. The molecule has 3 fully saturated rings. The lowest BCUT2D eigenvalue weighted by atomic mass is 9.87. The fourth-order valence-electron chi connectivity index (χ4n) is 4.32. The predicted octanol–water partition coefficient (Wildman–Crippen LogP) is 2.89. The average molecular weight is 359 g/mol. The first-order valence-electron chi connectivity index (χ1n) is 9.92. The Labute approximate surface area is 155 Å². The zero-order valence-electron chi connectivity index (χ0n) is 15.4. The van der Waals surface area contributed by atoms with Crippen molar-refractivity contribution in [2.75, 3.05) is 39.5 Å². The molecule has 142 valence electrons. The lowest BCUT2D eigenvalue weighted by Crippen LogP contribution is -2.46. The molecule has 1 aromatic carbocycles. The number of carbonyl (C=O) groups excluding carboxylic acids is 1. The van der Waals surface area contributed by atoms with Gasteiger partial charge in [0, 0.05) is 38.3 Å². The minimum absolute atomic E-state index is 0.0895. The van der Waals surface area contributed by atoms with Crippen LogP contribution in [-0.2, 0) is 14.2 Å². The third-order valence-electron chi connectivity index (χ3n) is 6.07. The highest BCUT2D eigenvalue weighted by atomic mass is 16.6. The van der Waals surface area contributed by atoms with Crippen LogP contribution in [0.1, 0.15) is 42.5 Å². The molecule has 4 rings (SSSR count). The van der Waals surface area contributed by atoms with E-state index in [2.05, 4.69) is 0 Å². The molecule has 3 heterocycles. The number of nitrogens with zero attached hydrogens (tertiary/aromatic N) is 1. The largest absolute Gasteiger partial charge is 0.381 e. The van der Waals surface area contributed by atoms with Crippen LogP contribution in [0.25, 0.3) is 0 Å². The molecule has 0 bridgehead atoms. The fraction of sp³-hybridized carbons (Fsp3) is 0.667. The van der Waals surface area contributed by atoms with Gasteiger partial charge in [-0.2, -0.15) is 0 Å². The van der Waals surface area contributed by atoms with E-state index in [1.807, 2.05) is 35.2 Å². The molecule has 0 radical (unpaired) electrons. The molecule has 1 spiro atoms. The van der Waals surface area contributed by atoms with E-state index in [0.717, 1.165) is 70.6 Å². The molecule has 0 aromatic heterocycles. The van der Waals surface area contributed by atoms with Crippen LogP contribution in [-0.4, -0.2) is 62.0 Å². The van der Waals surface area contributed by atoms with Crippen LogP contribution in [0.4, 0.5) is 0 Å². The van der Waals surface area contributed by atoms with E-state index in [-0.39, 0.29) is 17.6 Å². The molecular formula is C21H29NO4. The number of hydrogen-bond donors (Lipinski definition) is 0. The Bertz CT molecular complexity index is 591. The lowest BCUT2D eigenvalue weighted by Gasteiger charge is -2.38. The van der Waals surface area contributed by atoms with Crippen LogP contribution in [0, 0.1) is 5.92 Å². The van der Waals surface area contributed by atoms with Crippen molar-refractivity contribution in [3.63, 3.8) is 0 Å². The smallest absolute Gasteiger partial charge is 0.253 e. The number of hydrogen-bond acceptors (Lipinski definition) is 4. The van der Waals surface area contributed by atoms with Crippen molar-refractivity contribution in [3.05, 3.63) is 35.9 Å². The van der Waals surface area contributed by atoms with Crippen molar-refractivity contribution in [1.82, 2.24) is 4.90 Å². The molecule has 5 nitrogen and oxygen atoms in total. The summed E-state index contributed by atoms with van der Waals surface area (Å²) in [6, 6.07) is 9.55. The molecule has 3 aliphatic rings. The summed E-state index contributed by atoms with van der Waals surface area (Å²) in [5.41, 5.74) is 0.682. The lowest BCUT2D eigenvalue weighted by molar-refractivity contribution is -0.0427. The molecule has 5 heteroatoms. The summed E-state index contributed by atoms with van der Waals surface area (Å²) >= 11 is 0. The van der Waals surface area contributed by atoms with Crippen molar-refractivity contribution >= 4 is 5.91 Å². The minimum Gasteiger partial charge on any atom is -0.381 e. The fourth-order valence-corrected chi connectivity index (χ4v) is 4.32. The maximum Gasteiger partial charge on any atom is 0.253 e. The molecule has 1 atom stereocenters. The van der Waals surface area contributed by atoms with Crippen molar-refractivity contribution in [2.45, 2.75) is 43.8 Å². The molecule has 26 heavy (non-hydrogen) atoms. The first-order valence-corrected chi connectivity index (χ1v) is 9.92. The van der Waals surface area contributed by atoms with Gasteiger partial charge in [-0.3, -0.25) is 4.79 Å². The quantitative estimate of drug-likeness (QED) is 0.829. The minimum atomic E-state index is -0.0895. The Morgan fingerprint density at radius 3 is 2.62 bits per heavy atom. The van der Waals surface area contributed by atoms with Gasteiger partial charge in [0.25, 0.3) is 5.91 Å². The zero-order chi connectivity index (χ0) is 17.8. The summed E-state index contributed by atoms with van der Waals surface area (Å²) in [4.78, 5) is 14.6. The standard InChI is InChI=1S/C21H29NO4/c23-20(18-4-2-1-3-5-18)22-10-8-21(9-11-22)14-19(16-26-21)25-15-17-6-12-24-13-7-17/h1-5,17,19H,6-16H2/t19-/m1/s1. The number of likely N-dealkylation sites (tertiary alicyclic amines) is 1. The highest BCUT2D eigenvalue weighted by molar-refractivity contribution is 5.94. The zero-order valence-corrected chi connectivity index (χ0v) is 15.4. The average Bonchev–Trinajstić information content (AvgIpc) is 3.10. The second-order valence-electron chi connectivity index (χ2n) is 7.87. The summed E-state index contributed by atoms with van der Waals surface area (Å²) in [6.45, 7) is 4.78. The molecule has 0 N–H and O–H groups in total. The monoisotopic (exact) mass is 359 g/mol. The van der Waals surface area contributed by atoms with E-state index >= 15 is 0 Å². The Morgan fingerprint density at radius 1 is 1.15 bits per heavy atom. The maximum absolute atomic E-state index is 12.6. The summed E-state index contributed by atoms with van der Waals surface area (Å²) in [5.74, 6) is 0.761. The van der Waals surface area contributed by atoms with Gasteiger partial charge in [0.2, 0.25) is 0 Å². The number of piperidine rings is 1. The first-order chi connectivity index (χ1) is 12.7. The highest BCUT2D eigenvalue weighted by Crippen LogP contribution is 2.37. The Balaban J connectivity index is 1.24. The second-order valence-corrected chi connectivity index (χ2v) is 7.87. The summed E-state index contributed by atoms with van der Waals surface area (Å²) in [7, 11) is 0. The predicted molar refractivity (Wildman–Crippen MR) is 98.2 cm³/mol. The van der Waals surface area contributed by atoms with Gasteiger partial charge in [-0.25, -0.2) is 0 Å². The molecule has 3 aliphatic heterocycles. The van der Waals surface area contributed by atoms with Crippen molar-refractivity contribution < 1.29 is 19.0 Å². The van der Waals surface area contributed by atoms with E-state index in [4.69, 9.17) is 14.2 Å². The van der Waals surface area contributed by atoms with E-state index in [0.29, 0.717) is 12.5 Å². The van der Waals surface area contributed by atoms with Gasteiger partial charge in [0.15, 0.2) is 0 Å². The van der Waals surface area contributed by atoms with Crippen LogP contribution >= 0.6 is 0 Å². The van der Waals surface area contributed by atoms with E-state index in [9.17, 15) is 4.79 Å². The van der Waals surface area contributed by atoms with Gasteiger partial charge in [-0.15, -0.1) is 0 Å². The Kier molecular flexibility index (Phi) is 5.57. The highest BCUT2D eigenvalue weighted by Gasteiger charge is 2.44. The van der Waals surface area contributed by atoms with Crippen LogP contribution < -0.4 is 0 Å². The summed E-state index contributed by atoms with van der Waals surface area (Å²) in [6.07, 6.45) is 5.19. The summed E-state index contributed by atoms with van der Waals surface area (Å²) < 4.78 is 17.7.